The van der Waals surface area contributed by atoms with Crippen LogP contribution in [-0.4, -0.2) is 51.3 Å². The largest absolute Gasteiger partial charge is 0.493 e. The van der Waals surface area contributed by atoms with Gasteiger partial charge in [0.2, 0.25) is 0 Å². The van der Waals surface area contributed by atoms with Crippen LogP contribution in [0.15, 0.2) is 53.5 Å². The molecule has 0 spiro atoms. The molecule has 2 N–H and O–H groups in total. The normalized spacial score (nSPS) is 15.8. The zero-order chi connectivity index (χ0) is 20.5. The molecule has 1 aliphatic rings. The lowest BCUT2D eigenvalue weighted by Crippen LogP contribution is -2.48. The molecule has 2 aromatic carbocycles. The predicted octanol–water partition coefficient (Wildman–Crippen LogP) is 3.03. The van der Waals surface area contributed by atoms with Crippen LogP contribution in [0.3, 0.4) is 0 Å². The van der Waals surface area contributed by atoms with E-state index in [1.54, 1.807) is 14.2 Å². The second kappa shape index (κ2) is 10.7. The molecule has 1 fully saturated rings. The number of likely N-dealkylation sites (tertiary alicyclic amines) is 1. The Morgan fingerprint density at radius 2 is 1.79 bits per heavy atom. The number of nitrogens with one attached hydrogen (secondary N) is 2. The Labute approximate surface area is 173 Å². The van der Waals surface area contributed by atoms with Gasteiger partial charge in [-0.15, -0.1) is 0 Å². The van der Waals surface area contributed by atoms with E-state index in [0.717, 1.165) is 55.5 Å². The first kappa shape index (κ1) is 21.0. The Balaban J connectivity index is 1.48. The minimum absolute atomic E-state index is 0.431. The van der Waals surface area contributed by atoms with Gasteiger partial charge in [0.25, 0.3) is 0 Å². The van der Waals surface area contributed by atoms with E-state index in [0.29, 0.717) is 12.6 Å². The maximum atomic E-state index is 5.51. The summed E-state index contributed by atoms with van der Waals surface area (Å²) in [5, 5.41) is 6.97. The van der Waals surface area contributed by atoms with Crippen LogP contribution in [0, 0.1) is 0 Å². The lowest BCUT2D eigenvalue weighted by atomic mass is 10.0. The van der Waals surface area contributed by atoms with Crippen LogP contribution in [0.5, 0.6) is 11.5 Å². The highest BCUT2D eigenvalue weighted by atomic mass is 16.5. The average molecular weight is 397 g/mol. The van der Waals surface area contributed by atoms with Gasteiger partial charge in [-0.25, -0.2) is 0 Å². The third-order valence-corrected chi connectivity index (χ3v) is 5.33. The second-order valence-electron chi connectivity index (χ2n) is 7.26. The quantitative estimate of drug-likeness (QED) is 0.557. The molecule has 0 bridgehead atoms. The number of para-hydroxylation sites is 1. The number of rotatable bonds is 7. The summed E-state index contributed by atoms with van der Waals surface area (Å²) in [6.07, 6.45) is 2.21. The molecule has 156 valence electrons. The number of aliphatic imine (C=N–C) groups is 1. The molecule has 0 saturated carbocycles. The van der Waals surface area contributed by atoms with Crippen molar-refractivity contribution in [2.75, 3.05) is 34.4 Å². The van der Waals surface area contributed by atoms with Gasteiger partial charge in [-0.2, -0.15) is 0 Å². The molecule has 1 heterocycles. The van der Waals surface area contributed by atoms with E-state index in [-0.39, 0.29) is 0 Å². The topological polar surface area (TPSA) is 58.1 Å². The van der Waals surface area contributed by atoms with Crippen molar-refractivity contribution in [1.82, 2.24) is 15.5 Å². The van der Waals surface area contributed by atoms with E-state index >= 15 is 0 Å². The van der Waals surface area contributed by atoms with Crippen LogP contribution in [0.2, 0.25) is 0 Å². The minimum Gasteiger partial charge on any atom is -0.493 e. The van der Waals surface area contributed by atoms with Gasteiger partial charge in [0.05, 0.1) is 14.2 Å². The Bertz CT molecular complexity index is 787. The van der Waals surface area contributed by atoms with E-state index in [1.165, 1.54) is 5.56 Å². The minimum atomic E-state index is 0.431. The molecule has 0 atom stereocenters. The van der Waals surface area contributed by atoms with Gasteiger partial charge < -0.3 is 20.1 Å². The van der Waals surface area contributed by atoms with Gasteiger partial charge in [-0.05, 0) is 24.5 Å². The summed E-state index contributed by atoms with van der Waals surface area (Å²) in [6.45, 7) is 3.82. The SMILES string of the molecule is CN=C(NCc1cccc(OC)c1OC)NC1CCN(Cc2ccccc2)CC1. The molecule has 0 aromatic heterocycles. The van der Waals surface area contributed by atoms with Crippen molar-refractivity contribution in [1.29, 1.82) is 0 Å². The van der Waals surface area contributed by atoms with Crippen LogP contribution >= 0.6 is 0 Å². The average Bonchev–Trinajstić information content (AvgIpc) is 2.78. The third kappa shape index (κ3) is 5.87. The molecule has 6 heteroatoms. The monoisotopic (exact) mass is 396 g/mol. The maximum absolute atomic E-state index is 5.51. The summed E-state index contributed by atoms with van der Waals surface area (Å²) < 4.78 is 10.9. The molecule has 0 aliphatic carbocycles. The fraction of sp³-hybridized carbons (Fsp3) is 0.435. The summed E-state index contributed by atoms with van der Waals surface area (Å²) in [7, 11) is 5.13. The van der Waals surface area contributed by atoms with Crippen LogP contribution in [0.25, 0.3) is 0 Å². The molecule has 0 unspecified atom stereocenters. The van der Waals surface area contributed by atoms with Crippen LogP contribution in [0.4, 0.5) is 0 Å². The Kier molecular flexibility index (Phi) is 7.76. The highest BCUT2D eigenvalue weighted by Gasteiger charge is 2.20. The molecule has 29 heavy (non-hydrogen) atoms. The molecule has 1 aliphatic heterocycles. The zero-order valence-electron chi connectivity index (χ0n) is 17.6. The highest BCUT2D eigenvalue weighted by Crippen LogP contribution is 2.30. The number of hydrogen-bond donors (Lipinski definition) is 2. The lowest BCUT2D eigenvalue weighted by molar-refractivity contribution is 0.198. The van der Waals surface area contributed by atoms with Gasteiger partial charge in [-0.3, -0.25) is 9.89 Å². The van der Waals surface area contributed by atoms with Crippen LogP contribution in [0.1, 0.15) is 24.0 Å². The van der Waals surface area contributed by atoms with Gasteiger partial charge in [-0.1, -0.05) is 42.5 Å². The van der Waals surface area contributed by atoms with Crippen LogP contribution < -0.4 is 20.1 Å². The molecule has 0 radical (unpaired) electrons. The molecule has 1 saturated heterocycles. The fourth-order valence-electron chi connectivity index (χ4n) is 3.74. The van der Waals surface area contributed by atoms with E-state index in [2.05, 4.69) is 50.9 Å². The van der Waals surface area contributed by atoms with Crippen molar-refractivity contribution < 1.29 is 9.47 Å². The van der Waals surface area contributed by atoms with Crippen molar-refractivity contribution in [2.24, 2.45) is 4.99 Å². The van der Waals surface area contributed by atoms with Crippen molar-refractivity contribution in [3.63, 3.8) is 0 Å². The Morgan fingerprint density at radius 1 is 1.03 bits per heavy atom. The second-order valence-corrected chi connectivity index (χ2v) is 7.26. The van der Waals surface area contributed by atoms with E-state index < -0.39 is 0 Å². The van der Waals surface area contributed by atoms with Crippen LogP contribution in [-0.2, 0) is 13.1 Å². The lowest BCUT2D eigenvalue weighted by Gasteiger charge is -2.33. The van der Waals surface area contributed by atoms with E-state index in [1.807, 2.05) is 25.2 Å². The van der Waals surface area contributed by atoms with Crippen molar-refractivity contribution >= 4 is 5.96 Å². The van der Waals surface area contributed by atoms with Gasteiger partial charge >= 0.3 is 0 Å². The number of methoxy groups -OCH3 is 2. The number of benzene rings is 2. The van der Waals surface area contributed by atoms with E-state index in [9.17, 15) is 0 Å². The van der Waals surface area contributed by atoms with Crippen molar-refractivity contribution in [3.05, 3.63) is 59.7 Å². The number of ether oxygens (including phenoxy) is 2. The number of hydrogen-bond acceptors (Lipinski definition) is 4. The summed E-state index contributed by atoms with van der Waals surface area (Å²) in [5.74, 6) is 2.31. The fourth-order valence-corrected chi connectivity index (χ4v) is 3.74. The zero-order valence-corrected chi connectivity index (χ0v) is 17.6. The summed E-state index contributed by atoms with van der Waals surface area (Å²) in [5.41, 5.74) is 2.41. The summed E-state index contributed by atoms with van der Waals surface area (Å²) in [4.78, 5) is 6.91. The first-order valence-corrected chi connectivity index (χ1v) is 10.2. The molecule has 6 nitrogen and oxygen atoms in total. The van der Waals surface area contributed by atoms with Gasteiger partial charge in [0.1, 0.15) is 0 Å². The van der Waals surface area contributed by atoms with Crippen molar-refractivity contribution in [2.45, 2.75) is 32.0 Å². The summed E-state index contributed by atoms with van der Waals surface area (Å²) in [6, 6.07) is 17.0. The number of piperidine rings is 1. The first-order valence-electron chi connectivity index (χ1n) is 10.2. The Morgan fingerprint density at radius 3 is 2.45 bits per heavy atom. The first-order chi connectivity index (χ1) is 14.2. The molecular formula is C23H32N4O2. The summed E-state index contributed by atoms with van der Waals surface area (Å²) >= 11 is 0. The maximum Gasteiger partial charge on any atom is 0.191 e. The predicted molar refractivity (Wildman–Crippen MR) is 118 cm³/mol. The van der Waals surface area contributed by atoms with Gasteiger partial charge in [0, 0.05) is 44.8 Å². The van der Waals surface area contributed by atoms with Crippen molar-refractivity contribution in [3.8, 4) is 11.5 Å². The molecule has 2 aromatic rings. The molecular weight excluding hydrogens is 364 g/mol. The van der Waals surface area contributed by atoms with Gasteiger partial charge in [0.15, 0.2) is 17.5 Å². The van der Waals surface area contributed by atoms with E-state index in [4.69, 9.17) is 9.47 Å². The molecule has 3 rings (SSSR count). The Hall–Kier alpha value is -2.73. The number of guanidine groups is 1. The smallest absolute Gasteiger partial charge is 0.191 e. The third-order valence-electron chi connectivity index (χ3n) is 5.33. The highest BCUT2D eigenvalue weighted by molar-refractivity contribution is 5.80. The number of nitrogens with zero attached hydrogens (tertiary/aromatic N) is 2. The standard InChI is InChI=1S/C23H32N4O2/c1-24-23(25-16-19-10-7-11-21(28-2)22(19)29-3)26-20-12-14-27(15-13-20)17-18-8-5-4-6-9-18/h4-11,20H,12-17H2,1-3H3,(H2,24,25,26). The molecule has 0 amide bonds.